The molecule has 2 rings (SSSR count). The molecule has 0 saturated heterocycles. The van der Waals surface area contributed by atoms with Gasteiger partial charge in [-0.15, -0.1) is 0 Å². The van der Waals surface area contributed by atoms with E-state index in [2.05, 4.69) is 25.6 Å². The molecule has 0 atom stereocenters. The normalized spacial score (nSPS) is 9.83. The molecule has 18 heavy (non-hydrogen) atoms. The van der Waals surface area contributed by atoms with E-state index in [0.29, 0.717) is 12.2 Å². The number of amides is 1. The maximum atomic E-state index is 11.0. The largest absolute Gasteiger partial charge is 0.453 e. The van der Waals surface area contributed by atoms with Crippen molar-refractivity contribution in [1.82, 2.24) is 10.2 Å². The molecule has 1 heterocycles. The van der Waals surface area contributed by atoms with Gasteiger partial charge >= 0.3 is 6.09 Å². The van der Waals surface area contributed by atoms with E-state index < -0.39 is 6.09 Å². The van der Waals surface area contributed by atoms with E-state index in [1.165, 1.54) is 7.11 Å². The van der Waals surface area contributed by atoms with E-state index in [1.54, 1.807) is 18.3 Å². The second kappa shape index (κ2) is 5.72. The molecule has 0 spiro atoms. The molecule has 0 unspecified atom stereocenters. The fourth-order valence-electron chi connectivity index (χ4n) is 1.42. The highest BCUT2D eigenvalue weighted by Gasteiger charge is 2.00. The number of hydrogen-bond acceptors (Lipinski definition) is 4. The Kier molecular flexibility index (Phi) is 3.80. The van der Waals surface area contributed by atoms with Crippen LogP contribution in [0, 0.1) is 0 Å². The third-order valence-corrected chi connectivity index (χ3v) is 2.36. The summed E-state index contributed by atoms with van der Waals surface area (Å²) in [7, 11) is 1.33. The van der Waals surface area contributed by atoms with Crippen molar-refractivity contribution in [1.29, 1.82) is 0 Å². The van der Waals surface area contributed by atoms with Crippen LogP contribution < -0.4 is 10.6 Å². The highest BCUT2D eigenvalue weighted by molar-refractivity contribution is 5.84. The molecule has 0 aliphatic carbocycles. The minimum absolute atomic E-state index is 0.479. The molecule has 0 fully saturated rings. The molecule has 2 aromatic rings. The van der Waals surface area contributed by atoms with Gasteiger partial charge in [0, 0.05) is 17.6 Å². The smallest absolute Gasteiger partial charge is 0.411 e. The van der Waals surface area contributed by atoms with Crippen LogP contribution in [0.3, 0.4) is 0 Å². The summed E-state index contributed by atoms with van der Waals surface area (Å²) in [5.41, 5.74) is 2.65. The van der Waals surface area contributed by atoms with Crippen LogP contribution in [0.1, 0.15) is 5.69 Å². The number of methoxy groups -OCH3 is 1. The number of rotatable bonds is 4. The number of hydrogen-bond donors (Lipinski definition) is 3. The zero-order chi connectivity index (χ0) is 12.8. The standard InChI is InChI=1S/C12H14N4O2/c1-18-12(17)15-10-4-2-9(3-5-10)13-8-11-6-7-14-16-11/h2-7,13H,8H2,1H3,(H,14,16)(H,15,17). The Labute approximate surface area is 104 Å². The topological polar surface area (TPSA) is 79.0 Å². The molecule has 6 heteroatoms. The fraction of sp³-hybridized carbons (Fsp3) is 0.167. The summed E-state index contributed by atoms with van der Waals surface area (Å²) in [6.45, 7) is 0.670. The lowest BCUT2D eigenvalue weighted by molar-refractivity contribution is 0.187. The highest BCUT2D eigenvalue weighted by Crippen LogP contribution is 2.14. The van der Waals surface area contributed by atoms with E-state index in [1.807, 2.05) is 18.2 Å². The number of nitrogens with zero attached hydrogens (tertiary/aromatic N) is 1. The van der Waals surface area contributed by atoms with Gasteiger partial charge in [-0.2, -0.15) is 5.10 Å². The molecule has 1 aromatic heterocycles. The molecule has 0 aliphatic heterocycles. The molecule has 6 nitrogen and oxygen atoms in total. The molecular weight excluding hydrogens is 232 g/mol. The van der Waals surface area contributed by atoms with Gasteiger partial charge < -0.3 is 10.1 Å². The Bertz CT molecular complexity index is 493. The van der Waals surface area contributed by atoms with E-state index in [4.69, 9.17) is 0 Å². The summed E-state index contributed by atoms with van der Waals surface area (Å²) in [4.78, 5) is 11.0. The van der Waals surface area contributed by atoms with Gasteiger partial charge in [0.15, 0.2) is 0 Å². The predicted octanol–water partition coefficient (Wildman–Crippen LogP) is 2.20. The van der Waals surface area contributed by atoms with Crippen LogP contribution in [0.2, 0.25) is 0 Å². The van der Waals surface area contributed by atoms with Crippen molar-refractivity contribution in [2.75, 3.05) is 17.7 Å². The summed E-state index contributed by atoms with van der Waals surface area (Å²) in [6.07, 6.45) is 1.23. The minimum atomic E-state index is -0.479. The number of ether oxygens (including phenoxy) is 1. The van der Waals surface area contributed by atoms with Crippen LogP contribution in [0.25, 0.3) is 0 Å². The number of nitrogens with one attached hydrogen (secondary N) is 3. The van der Waals surface area contributed by atoms with E-state index in [0.717, 1.165) is 11.4 Å². The van der Waals surface area contributed by atoms with Crippen LogP contribution in [0.15, 0.2) is 36.5 Å². The molecule has 1 aromatic carbocycles. The maximum absolute atomic E-state index is 11.0. The predicted molar refractivity (Wildman–Crippen MR) is 68.4 cm³/mol. The number of benzene rings is 1. The minimum Gasteiger partial charge on any atom is -0.453 e. The van der Waals surface area contributed by atoms with Gasteiger partial charge in [-0.25, -0.2) is 4.79 Å². The number of anilines is 2. The first kappa shape index (κ1) is 12.0. The third kappa shape index (κ3) is 3.24. The van der Waals surface area contributed by atoms with Crippen LogP contribution in [-0.4, -0.2) is 23.4 Å². The van der Waals surface area contributed by atoms with Gasteiger partial charge in [-0.1, -0.05) is 0 Å². The zero-order valence-electron chi connectivity index (χ0n) is 9.93. The van der Waals surface area contributed by atoms with Gasteiger partial charge in [0.1, 0.15) is 0 Å². The van der Waals surface area contributed by atoms with E-state index >= 15 is 0 Å². The number of aromatic amines is 1. The lowest BCUT2D eigenvalue weighted by atomic mass is 10.2. The number of H-pyrrole nitrogens is 1. The molecule has 94 valence electrons. The van der Waals surface area contributed by atoms with Crippen LogP contribution in [0.5, 0.6) is 0 Å². The molecule has 0 aliphatic rings. The van der Waals surface area contributed by atoms with Crippen molar-refractivity contribution < 1.29 is 9.53 Å². The van der Waals surface area contributed by atoms with Crippen molar-refractivity contribution in [2.24, 2.45) is 0 Å². The summed E-state index contributed by atoms with van der Waals surface area (Å²) < 4.78 is 4.50. The Balaban J connectivity index is 1.89. The van der Waals surface area contributed by atoms with Crippen LogP contribution in [0.4, 0.5) is 16.2 Å². The average Bonchev–Trinajstić information content (AvgIpc) is 2.91. The summed E-state index contributed by atoms with van der Waals surface area (Å²) in [5, 5.41) is 12.5. The lowest BCUT2D eigenvalue weighted by Gasteiger charge is -2.07. The number of carbonyl (C=O) groups excluding carboxylic acids is 1. The molecular formula is C12H14N4O2. The van der Waals surface area contributed by atoms with Crippen molar-refractivity contribution >= 4 is 17.5 Å². The van der Waals surface area contributed by atoms with Crippen molar-refractivity contribution in [3.8, 4) is 0 Å². The SMILES string of the molecule is COC(=O)Nc1ccc(NCc2ccn[nH]2)cc1. The van der Waals surface area contributed by atoms with Gasteiger partial charge in [0.25, 0.3) is 0 Å². The summed E-state index contributed by atoms with van der Waals surface area (Å²) >= 11 is 0. The van der Waals surface area contributed by atoms with Crippen molar-refractivity contribution in [3.63, 3.8) is 0 Å². The lowest BCUT2D eigenvalue weighted by Crippen LogP contribution is -2.10. The second-order valence-electron chi connectivity index (χ2n) is 3.63. The first-order chi connectivity index (χ1) is 8.78. The summed E-state index contributed by atoms with van der Waals surface area (Å²) in [6, 6.07) is 9.25. The molecule has 1 amide bonds. The first-order valence-electron chi connectivity index (χ1n) is 5.45. The van der Waals surface area contributed by atoms with Gasteiger partial charge in [0.05, 0.1) is 19.3 Å². The van der Waals surface area contributed by atoms with E-state index in [-0.39, 0.29) is 0 Å². The zero-order valence-corrected chi connectivity index (χ0v) is 9.93. The van der Waals surface area contributed by atoms with Gasteiger partial charge in [-0.3, -0.25) is 10.4 Å². The maximum Gasteiger partial charge on any atom is 0.411 e. The highest BCUT2D eigenvalue weighted by atomic mass is 16.5. The van der Waals surface area contributed by atoms with Gasteiger partial charge in [0.2, 0.25) is 0 Å². The second-order valence-corrected chi connectivity index (χ2v) is 3.63. The Morgan fingerprint density at radius 3 is 2.61 bits per heavy atom. The molecule has 0 radical (unpaired) electrons. The Hall–Kier alpha value is -2.50. The fourth-order valence-corrected chi connectivity index (χ4v) is 1.42. The molecule has 0 saturated carbocycles. The molecule has 3 N–H and O–H groups in total. The van der Waals surface area contributed by atoms with Crippen LogP contribution >= 0.6 is 0 Å². The number of aromatic nitrogens is 2. The Morgan fingerprint density at radius 2 is 2.00 bits per heavy atom. The third-order valence-electron chi connectivity index (χ3n) is 2.36. The first-order valence-corrected chi connectivity index (χ1v) is 5.45. The summed E-state index contributed by atoms with van der Waals surface area (Å²) in [5.74, 6) is 0. The average molecular weight is 246 g/mol. The molecule has 0 bridgehead atoms. The Morgan fingerprint density at radius 1 is 1.28 bits per heavy atom. The monoisotopic (exact) mass is 246 g/mol. The number of carbonyl (C=O) groups is 1. The van der Waals surface area contributed by atoms with Crippen molar-refractivity contribution in [2.45, 2.75) is 6.54 Å². The quantitative estimate of drug-likeness (QED) is 0.772. The van der Waals surface area contributed by atoms with E-state index in [9.17, 15) is 4.79 Å². The van der Waals surface area contributed by atoms with Crippen molar-refractivity contribution in [3.05, 3.63) is 42.2 Å². The van der Waals surface area contributed by atoms with Gasteiger partial charge in [-0.05, 0) is 30.3 Å². The van der Waals surface area contributed by atoms with Crippen LogP contribution in [-0.2, 0) is 11.3 Å².